The SMILES string of the molecule is O=C(CN1CCCN(C(=O)C2CSC(=O)N2)CC1)Nc1ccc(F)cc1F. The first-order valence-corrected chi connectivity index (χ1v) is 9.60. The Balaban J connectivity index is 1.49. The number of halogens is 2. The molecule has 2 N–H and O–H groups in total. The molecule has 10 heteroatoms. The molecular weight excluding hydrogens is 378 g/mol. The Bertz CT molecular complexity index is 749. The van der Waals surface area contributed by atoms with E-state index in [1.165, 1.54) is 6.07 Å². The summed E-state index contributed by atoms with van der Waals surface area (Å²) < 4.78 is 26.5. The van der Waals surface area contributed by atoms with Gasteiger partial charge in [-0.1, -0.05) is 11.8 Å². The molecule has 0 spiro atoms. The standard InChI is InChI=1S/C17H20F2N4O3S/c18-11-2-3-13(12(19)8-11)20-15(24)9-22-4-1-5-23(7-6-22)16(25)14-10-27-17(26)21-14/h2-3,8,14H,1,4-7,9-10H2,(H,20,24)(H,21,26). The van der Waals surface area contributed by atoms with Gasteiger partial charge >= 0.3 is 0 Å². The molecule has 0 bridgehead atoms. The van der Waals surface area contributed by atoms with Crippen LogP contribution in [0.25, 0.3) is 0 Å². The van der Waals surface area contributed by atoms with Gasteiger partial charge in [-0.25, -0.2) is 8.78 Å². The summed E-state index contributed by atoms with van der Waals surface area (Å²) in [7, 11) is 0. The van der Waals surface area contributed by atoms with Gasteiger partial charge in [-0.3, -0.25) is 19.3 Å². The van der Waals surface area contributed by atoms with E-state index in [9.17, 15) is 23.2 Å². The quantitative estimate of drug-likeness (QED) is 0.798. The predicted molar refractivity (Wildman–Crippen MR) is 97.4 cm³/mol. The van der Waals surface area contributed by atoms with Crippen molar-refractivity contribution in [2.75, 3.05) is 43.8 Å². The minimum absolute atomic E-state index is 0.0505. The molecule has 1 atom stereocenters. The zero-order chi connectivity index (χ0) is 19.4. The second kappa shape index (κ2) is 8.66. The molecule has 1 aromatic carbocycles. The van der Waals surface area contributed by atoms with Gasteiger partial charge in [0.25, 0.3) is 5.24 Å². The number of nitrogens with zero attached hydrogens (tertiary/aromatic N) is 2. The first-order valence-electron chi connectivity index (χ1n) is 8.62. The van der Waals surface area contributed by atoms with Crippen molar-refractivity contribution < 1.29 is 23.2 Å². The lowest BCUT2D eigenvalue weighted by Crippen LogP contribution is -2.47. The van der Waals surface area contributed by atoms with Crippen LogP contribution in [0.15, 0.2) is 18.2 Å². The van der Waals surface area contributed by atoms with Crippen LogP contribution in [0.5, 0.6) is 0 Å². The van der Waals surface area contributed by atoms with E-state index in [-0.39, 0.29) is 23.4 Å². The summed E-state index contributed by atoms with van der Waals surface area (Å²) >= 11 is 1.10. The van der Waals surface area contributed by atoms with Crippen molar-refractivity contribution in [3.05, 3.63) is 29.8 Å². The van der Waals surface area contributed by atoms with Gasteiger partial charge in [-0.2, -0.15) is 0 Å². The molecule has 3 amide bonds. The zero-order valence-corrected chi connectivity index (χ0v) is 15.4. The maximum absolute atomic E-state index is 13.6. The molecule has 2 fully saturated rings. The first kappa shape index (κ1) is 19.6. The Morgan fingerprint density at radius 3 is 2.74 bits per heavy atom. The van der Waals surface area contributed by atoms with E-state index in [1.54, 1.807) is 4.90 Å². The Kier molecular flexibility index (Phi) is 6.27. The highest BCUT2D eigenvalue weighted by Crippen LogP contribution is 2.17. The van der Waals surface area contributed by atoms with Crippen molar-refractivity contribution in [1.29, 1.82) is 0 Å². The molecule has 2 aliphatic rings. The van der Waals surface area contributed by atoms with E-state index in [0.717, 1.165) is 17.8 Å². The Labute approximate surface area is 159 Å². The van der Waals surface area contributed by atoms with E-state index in [2.05, 4.69) is 10.6 Å². The van der Waals surface area contributed by atoms with Crippen molar-refractivity contribution in [3.63, 3.8) is 0 Å². The lowest BCUT2D eigenvalue weighted by Gasteiger charge is -2.24. The van der Waals surface area contributed by atoms with Crippen LogP contribution in [0, 0.1) is 11.6 Å². The fraction of sp³-hybridized carbons (Fsp3) is 0.471. The van der Waals surface area contributed by atoms with Crippen LogP contribution in [-0.4, -0.2) is 71.4 Å². The van der Waals surface area contributed by atoms with Crippen LogP contribution >= 0.6 is 11.8 Å². The molecule has 1 aromatic rings. The number of carbonyl (C=O) groups excluding carboxylic acids is 3. The smallest absolute Gasteiger partial charge is 0.279 e. The molecule has 0 saturated carbocycles. The van der Waals surface area contributed by atoms with Gasteiger partial charge < -0.3 is 15.5 Å². The fourth-order valence-electron chi connectivity index (χ4n) is 3.07. The largest absolute Gasteiger partial charge is 0.340 e. The lowest BCUT2D eigenvalue weighted by atomic mass is 10.2. The van der Waals surface area contributed by atoms with Gasteiger partial charge in [0.15, 0.2) is 0 Å². The van der Waals surface area contributed by atoms with Gasteiger partial charge in [0.1, 0.15) is 17.7 Å². The molecule has 0 radical (unpaired) electrons. The van der Waals surface area contributed by atoms with Gasteiger partial charge in [0.2, 0.25) is 11.8 Å². The number of benzene rings is 1. The Hall–Kier alpha value is -2.20. The molecule has 1 unspecified atom stereocenters. The monoisotopic (exact) mass is 398 g/mol. The first-order chi connectivity index (χ1) is 12.9. The summed E-state index contributed by atoms with van der Waals surface area (Å²) in [5, 5.41) is 4.89. The number of nitrogens with one attached hydrogen (secondary N) is 2. The molecular formula is C17H20F2N4O3S. The summed E-state index contributed by atoms with van der Waals surface area (Å²) in [6.07, 6.45) is 0.692. The van der Waals surface area contributed by atoms with Crippen molar-refractivity contribution in [2.45, 2.75) is 12.5 Å². The van der Waals surface area contributed by atoms with Gasteiger partial charge in [0.05, 0.1) is 12.2 Å². The second-order valence-corrected chi connectivity index (χ2v) is 7.42. The van der Waals surface area contributed by atoms with E-state index >= 15 is 0 Å². The highest BCUT2D eigenvalue weighted by Gasteiger charge is 2.32. The molecule has 2 aliphatic heterocycles. The number of amides is 3. The third-order valence-electron chi connectivity index (χ3n) is 4.44. The summed E-state index contributed by atoms with van der Waals surface area (Å²) in [5.74, 6) is -1.61. The molecule has 146 valence electrons. The number of hydrogen-bond donors (Lipinski definition) is 2. The average molecular weight is 398 g/mol. The van der Waals surface area contributed by atoms with Crippen molar-refractivity contribution in [2.24, 2.45) is 0 Å². The van der Waals surface area contributed by atoms with Crippen LogP contribution < -0.4 is 10.6 Å². The molecule has 27 heavy (non-hydrogen) atoms. The minimum atomic E-state index is -0.826. The average Bonchev–Trinajstić information content (AvgIpc) is 2.92. The topological polar surface area (TPSA) is 81.8 Å². The summed E-state index contributed by atoms with van der Waals surface area (Å²) in [6, 6.07) is 2.48. The van der Waals surface area contributed by atoms with Crippen LogP contribution in [0.3, 0.4) is 0 Å². The maximum atomic E-state index is 13.6. The zero-order valence-electron chi connectivity index (χ0n) is 14.5. The summed E-state index contributed by atoms with van der Waals surface area (Å²) in [4.78, 5) is 39.4. The molecule has 2 heterocycles. The third-order valence-corrected chi connectivity index (χ3v) is 5.32. The minimum Gasteiger partial charge on any atom is -0.340 e. The fourth-order valence-corrected chi connectivity index (χ4v) is 3.84. The number of rotatable bonds is 4. The Morgan fingerprint density at radius 1 is 1.22 bits per heavy atom. The van der Waals surface area contributed by atoms with E-state index in [1.807, 2.05) is 4.90 Å². The third kappa shape index (κ3) is 5.16. The Morgan fingerprint density at radius 2 is 2.04 bits per heavy atom. The molecule has 2 saturated heterocycles. The normalized spacial score (nSPS) is 20.9. The highest BCUT2D eigenvalue weighted by atomic mass is 32.2. The molecule has 0 aliphatic carbocycles. The highest BCUT2D eigenvalue weighted by molar-refractivity contribution is 8.14. The van der Waals surface area contributed by atoms with Crippen LogP contribution in [0.1, 0.15) is 6.42 Å². The van der Waals surface area contributed by atoms with E-state index < -0.39 is 23.6 Å². The second-order valence-electron chi connectivity index (χ2n) is 6.42. The lowest BCUT2D eigenvalue weighted by molar-refractivity contribution is -0.132. The molecule has 0 aromatic heterocycles. The number of thioether (sulfide) groups is 1. The summed E-state index contributed by atoms with van der Waals surface area (Å²) in [6.45, 7) is 2.18. The van der Waals surface area contributed by atoms with E-state index in [0.29, 0.717) is 44.4 Å². The predicted octanol–water partition coefficient (Wildman–Crippen LogP) is 1.26. The van der Waals surface area contributed by atoms with Crippen LogP contribution in [0.4, 0.5) is 19.3 Å². The van der Waals surface area contributed by atoms with Crippen LogP contribution in [-0.2, 0) is 9.59 Å². The van der Waals surface area contributed by atoms with Crippen molar-refractivity contribution in [1.82, 2.24) is 15.1 Å². The van der Waals surface area contributed by atoms with Gasteiger partial charge in [-0.15, -0.1) is 0 Å². The van der Waals surface area contributed by atoms with E-state index in [4.69, 9.17) is 0 Å². The van der Waals surface area contributed by atoms with Crippen molar-refractivity contribution >= 4 is 34.5 Å². The number of anilines is 1. The summed E-state index contributed by atoms with van der Waals surface area (Å²) in [5.41, 5.74) is -0.0671. The van der Waals surface area contributed by atoms with Crippen LogP contribution in [0.2, 0.25) is 0 Å². The number of carbonyl (C=O) groups is 3. The molecule has 7 nitrogen and oxygen atoms in total. The maximum Gasteiger partial charge on any atom is 0.279 e. The number of hydrogen-bond acceptors (Lipinski definition) is 5. The van der Waals surface area contributed by atoms with Crippen molar-refractivity contribution in [3.8, 4) is 0 Å². The van der Waals surface area contributed by atoms with Gasteiger partial charge in [0, 0.05) is 38.0 Å². The molecule has 3 rings (SSSR count). The van der Waals surface area contributed by atoms with Gasteiger partial charge in [-0.05, 0) is 18.6 Å².